The number of carbonyl (C=O) groups is 1. The van der Waals surface area contributed by atoms with Gasteiger partial charge < -0.3 is 14.6 Å². The van der Waals surface area contributed by atoms with Crippen molar-refractivity contribution in [2.24, 2.45) is 5.92 Å². The third kappa shape index (κ3) is 5.93. The molecule has 5 nitrogen and oxygen atoms in total. The zero-order valence-electron chi connectivity index (χ0n) is 12.3. The predicted octanol–water partition coefficient (Wildman–Crippen LogP) is 2.12. The summed E-state index contributed by atoms with van der Waals surface area (Å²) in [7, 11) is 1.59. The molecule has 0 aliphatic rings. The van der Waals surface area contributed by atoms with E-state index in [0.717, 1.165) is 6.54 Å². The molecule has 0 saturated heterocycles. The fourth-order valence-corrected chi connectivity index (χ4v) is 1.97. The van der Waals surface area contributed by atoms with E-state index in [1.165, 1.54) is 0 Å². The molecule has 5 heteroatoms. The van der Waals surface area contributed by atoms with Gasteiger partial charge in [0, 0.05) is 13.1 Å². The maximum Gasteiger partial charge on any atom is 0.317 e. The van der Waals surface area contributed by atoms with E-state index in [2.05, 4.69) is 13.8 Å². The lowest BCUT2D eigenvalue weighted by Crippen LogP contribution is -2.36. The molecule has 0 fully saturated rings. The molecule has 0 amide bonds. The lowest BCUT2D eigenvalue weighted by molar-refractivity contribution is -0.138. The predicted molar refractivity (Wildman–Crippen MR) is 77.4 cm³/mol. The van der Waals surface area contributed by atoms with Crippen LogP contribution in [0, 0.1) is 5.92 Å². The average molecular weight is 281 g/mol. The van der Waals surface area contributed by atoms with E-state index in [0.29, 0.717) is 30.6 Å². The smallest absolute Gasteiger partial charge is 0.317 e. The van der Waals surface area contributed by atoms with Gasteiger partial charge in [-0.1, -0.05) is 26.0 Å². The molecule has 1 N–H and O–H groups in total. The largest absolute Gasteiger partial charge is 0.493 e. The maximum atomic E-state index is 10.8. The Kier molecular flexibility index (Phi) is 6.87. The third-order valence-corrected chi connectivity index (χ3v) is 2.72. The minimum Gasteiger partial charge on any atom is -0.493 e. The standard InChI is InChI=1S/C15H23NO4/c1-12(2)10-16(11-15(17)18)8-9-20-14-7-5-4-6-13(14)19-3/h4-7,12H,8-11H2,1-3H3,(H,17,18). The molecule has 0 atom stereocenters. The normalized spacial score (nSPS) is 10.8. The highest BCUT2D eigenvalue weighted by Crippen LogP contribution is 2.25. The van der Waals surface area contributed by atoms with Crippen LogP contribution in [0.25, 0.3) is 0 Å². The summed E-state index contributed by atoms with van der Waals surface area (Å²) in [4.78, 5) is 12.7. The first-order valence-corrected chi connectivity index (χ1v) is 6.73. The fraction of sp³-hybridized carbons (Fsp3) is 0.533. The van der Waals surface area contributed by atoms with E-state index in [-0.39, 0.29) is 6.54 Å². The van der Waals surface area contributed by atoms with Crippen molar-refractivity contribution in [3.05, 3.63) is 24.3 Å². The quantitative estimate of drug-likeness (QED) is 0.751. The highest BCUT2D eigenvalue weighted by molar-refractivity contribution is 5.69. The zero-order valence-corrected chi connectivity index (χ0v) is 12.3. The number of aliphatic carboxylic acids is 1. The van der Waals surface area contributed by atoms with Crippen molar-refractivity contribution in [1.29, 1.82) is 0 Å². The molecule has 112 valence electrons. The summed E-state index contributed by atoms with van der Waals surface area (Å²) in [5.41, 5.74) is 0. The zero-order chi connectivity index (χ0) is 15.0. The summed E-state index contributed by atoms with van der Waals surface area (Å²) in [5.74, 6) is 0.958. The van der Waals surface area contributed by atoms with Crippen LogP contribution in [0.1, 0.15) is 13.8 Å². The van der Waals surface area contributed by atoms with Gasteiger partial charge in [-0.05, 0) is 18.1 Å². The molecule has 0 unspecified atom stereocenters. The Bertz CT molecular complexity index is 420. The molecule has 1 rings (SSSR count). The fourth-order valence-electron chi connectivity index (χ4n) is 1.97. The number of carboxylic acids is 1. The average Bonchev–Trinajstić information content (AvgIpc) is 2.37. The highest BCUT2D eigenvalue weighted by Gasteiger charge is 2.12. The van der Waals surface area contributed by atoms with Crippen LogP contribution in [0.4, 0.5) is 0 Å². The van der Waals surface area contributed by atoms with Crippen LogP contribution in [-0.4, -0.2) is 49.3 Å². The van der Waals surface area contributed by atoms with Crippen molar-refractivity contribution < 1.29 is 19.4 Å². The molecular formula is C15H23NO4. The van der Waals surface area contributed by atoms with Crippen molar-refractivity contribution >= 4 is 5.97 Å². The van der Waals surface area contributed by atoms with E-state index in [9.17, 15) is 4.79 Å². The first-order valence-electron chi connectivity index (χ1n) is 6.73. The van der Waals surface area contributed by atoms with Crippen LogP contribution < -0.4 is 9.47 Å². The molecule has 0 aromatic heterocycles. The lowest BCUT2D eigenvalue weighted by atomic mass is 10.2. The Morgan fingerprint density at radius 1 is 1.30 bits per heavy atom. The Hall–Kier alpha value is -1.75. The van der Waals surface area contributed by atoms with Crippen LogP contribution >= 0.6 is 0 Å². The Labute approximate surface area is 120 Å². The van der Waals surface area contributed by atoms with E-state index in [1.54, 1.807) is 7.11 Å². The van der Waals surface area contributed by atoms with Crippen LogP contribution in [-0.2, 0) is 4.79 Å². The first-order chi connectivity index (χ1) is 9.52. The highest BCUT2D eigenvalue weighted by atomic mass is 16.5. The van der Waals surface area contributed by atoms with Crippen molar-refractivity contribution in [3.8, 4) is 11.5 Å². The van der Waals surface area contributed by atoms with E-state index >= 15 is 0 Å². The van der Waals surface area contributed by atoms with E-state index in [1.807, 2.05) is 29.2 Å². The molecule has 0 heterocycles. The number of ether oxygens (including phenoxy) is 2. The number of rotatable bonds is 9. The van der Waals surface area contributed by atoms with E-state index in [4.69, 9.17) is 14.6 Å². The van der Waals surface area contributed by atoms with Gasteiger partial charge in [0.05, 0.1) is 13.7 Å². The van der Waals surface area contributed by atoms with Crippen LogP contribution in [0.15, 0.2) is 24.3 Å². The molecular weight excluding hydrogens is 258 g/mol. The number of hydrogen-bond donors (Lipinski definition) is 1. The summed E-state index contributed by atoms with van der Waals surface area (Å²) in [5, 5.41) is 8.89. The lowest BCUT2D eigenvalue weighted by Gasteiger charge is -2.22. The van der Waals surface area contributed by atoms with Gasteiger partial charge in [-0.2, -0.15) is 0 Å². The van der Waals surface area contributed by atoms with Gasteiger partial charge in [0.25, 0.3) is 0 Å². The second-order valence-electron chi connectivity index (χ2n) is 5.02. The van der Waals surface area contributed by atoms with Gasteiger partial charge in [-0.15, -0.1) is 0 Å². The van der Waals surface area contributed by atoms with Crippen molar-refractivity contribution in [3.63, 3.8) is 0 Å². The number of nitrogens with zero attached hydrogens (tertiary/aromatic N) is 1. The molecule has 0 saturated carbocycles. The molecule has 0 radical (unpaired) electrons. The van der Waals surface area contributed by atoms with Gasteiger partial charge in [0.2, 0.25) is 0 Å². The summed E-state index contributed by atoms with van der Waals surface area (Å²) >= 11 is 0. The third-order valence-electron chi connectivity index (χ3n) is 2.72. The Morgan fingerprint density at radius 2 is 1.95 bits per heavy atom. The number of hydrogen-bond acceptors (Lipinski definition) is 4. The molecule has 0 spiro atoms. The molecule has 20 heavy (non-hydrogen) atoms. The minimum atomic E-state index is -0.817. The molecule has 0 bridgehead atoms. The van der Waals surface area contributed by atoms with Crippen LogP contribution in [0.3, 0.4) is 0 Å². The van der Waals surface area contributed by atoms with E-state index < -0.39 is 5.97 Å². The van der Waals surface area contributed by atoms with Gasteiger partial charge in [-0.25, -0.2) is 0 Å². The molecule has 0 aliphatic heterocycles. The second-order valence-corrected chi connectivity index (χ2v) is 5.02. The van der Waals surface area contributed by atoms with Gasteiger partial charge in [0.1, 0.15) is 6.61 Å². The monoisotopic (exact) mass is 281 g/mol. The van der Waals surface area contributed by atoms with Gasteiger partial charge in [0.15, 0.2) is 11.5 Å². The number of methoxy groups -OCH3 is 1. The Balaban J connectivity index is 2.48. The van der Waals surface area contributed by atoms with Gasteiger partial charge >= 0.3 is 5.97 Å². The minimum absolute atomic E-state index is 0.0352. The topological polar surface area (TPSA) is 59.0 Å². The van der Waals surface area contributed by atoms with Crippen molar-refractivity contribution in [1.82, 2.24) is 4.90 Å². The SMILES string of the molecule is COc1ccccc1OCCN(CC(=O)O)CC(C)C. The molecule has 0 aliphatic carbocycles. The summed E-state index contributed by atoms with van der Waals surface area (Å²) in [6.07, 6.45) is 0. The summed E-state index contributed by atoms with van der Waals surface area (Å²) < 4.78 is 10.9. The van der Waals surface area contributed by atoms with Crippen LogP contribution in [0.5, 0.6) is 11.5 Å². The second kappa shape index (κ2) is 8.43. The molecule has 1 aromatic carbocycles. The summed E-state index contributed by atoms with van der Waals surface area (Å²) in [6, 6.07) is 7.42. The maximum absolute atomic E-state index is 10.8. The molecule has 1 aromatic rings. The number of para-hydroxylation sites is 2. The van der Waals surface area contributed by atoms with Crippen LogP contribution in [0.2, 0.25) is 0 Å². The first kappa shape index (κ1) is 16.3. The van der Waals surface area contributed by atoms with Crippen molar-refractivity contribution in [2.45, 2.75) is 13.8 Å². The number of carboxylic acid groups (broad SMARTS) is 1. The Morgan fingerprint density at radius 3 is 2.50 bits per heavy atom. The van der Waals surface area contributed by atoms with Crippen molar-refractivity contribution in [2.75, 3.05) is 33.4 Å². The number of benzene rings is 1. The summed E-state index contributed by atoms with van der Waals surface area (Å²) in [6.45, 7) is 5.91. The van der Waals surface area contributed by atoms with Gasteiger partial charge in [-0.3, -0.25) is 9.69 Å².